The van der Waals surface area contributed by atoms with Gasteiger partial charge in [-0.3, -0.25) is 80.9 Å². The van der Waals surface area contributed by atoms with Crippen LogP contribution in [0.15, 0.2) is 154 Å². The Morgan fingerprint density at radius 1 is 0.438 bits per heavy atom. The monoisotopic (exact) mass is 2150 g/mol. The highest BCUT2D eigenvalue weighted by atomic mass is 35.7. The van der Waals surface area contributed by atoms with E-state index >= 15 is 8.78 Å². The molecule has 6 aromatic rings. The van der Waals surface area contributed by atoms with Crippen molar-refractivity contribution in [3.63, 3.8) is 0 Å². The van der Waals surface area contributed by atoms with Crippen LogP contribution >= 0.6 is 33.6 Å². The van der Waals surface area contributed by atoms with E-state index in [2.05, 4.69) is 45.3 Å². The molecule has 0 radical (unpaired) electrons. The number of hydrogen-bond donors (Lipinski definition) is 8. The minimum Gasteiger partial charge on any atom is -0.463 e. The van der Waals surface area contributed by atoms with Gasteiger partial charge >= 0.3 is 75.3 Å². The number of carbonyl (C=O) groups excluding carboxylic acids is 6. The molecule has 3 aromatic heterocycles. The van der Waals surface area contributed by atoms with Gasteiger partial charge in [0.05, 0.1) is 76.1 Å². The number of ether oxygens (including phenoxy) is 9. The maximum Gasteiger partial charge on any atom is 0.459 e. The van der Waals surface area contributed by atoms with Crippen LogP contribution in [0.25, 0.3) is 31.3 Å². The van der Waals surface area contributed by atoms with Crippen molar-refractivity contribution < 1.29 is 131 Å². The fraction of sp³-hybridized carbons (Fsp3) is 0.600. The Morgan fingerprint density at radius 2 is 0.712 bits per heavy atom. The van der Waals surface area contributed by atoms with Gasteiger partial charge in [-0.25, -0.2) is 46.3 Å². The lowest BCUT2D eigenvalue weighted by molar-refractivity contribution is -0.150. The molecule has 0 spiro atoms. The lowest BCUT2D eigenvalue weighted by atomic mass is 9.88. The van der Waals surface area contributed by atoms with Gasteiger partial charge in [0.25, 0.3) is 16.7 Å². The highest BCUT2D eigenvalue weighted by Gasteiger charge is 2.59. The lowest BCUT2D eigenvalue weighted by Crippen LogP contribution is -2.49. The summed E-state index contributed by atoms with van der Waals surface area (Å²) in [6.45, 7) is 19.7. The fourth-order valence-corrected chi connectivity index (χ4v) is 18.6. The van der Waals surface area contributed by atoms with Gasteiger partial charge in [-0.2, -0.15) is 10.2 Å². The van der Waals surface area contributed by atoms with Gasteiger partial charge < -0.3 is 66.4 Å². The van der Waals surface area contributed by atoms with E-state index in [0.29, 0.717) is 27.7 Å². The molecule has 0 saturated carbocycles. The van der Waals surface area contributed by atoms with Crippen LogP contribution in [0.4, 0.5) is 13.2 Å². The Labute approximate surface area is 845 Å². The summed E-state index contributed by atoms with van der Waals surface area (Å²) in [5, 5.41) is 38.2. The van der Waals surface area contributed by atoms with Gasteiger partial charge in [0.1, 0.15) is 58.3 Å². The summed E-state index contributed by atoms with van der Waals surface area (Å²) in [5.74, 6) is -5.07. The number of hydrogen-bond acceptors (Lipinski definition) is 34. The van der Waals surface area contributed by atoms with Crippen LogP contribution in [0, 0.1) is 11.8 Å². The van der Waals surface area contributed by atoms with E-state index in [0.717, 1.165) is 45.9 Å². The first-order valence-electron chi connectivity index (χ1n) is 44.5. The quantitative estimate of drug-likeness (QED) is 0.00439. The zero-order valence-corrected chi connectivity index (χ0v) is 84.2. The predicted octanol–water partition coefficient (Wildman–Crippen LogP) is 13.8. The van der Waals surface area contributed by atoms with Crippen molar-refractivity contribution in [3.05, 3.63) is 220 Å². The molecule has 3 unspecified atom stereocenters. The highest BCUT2D eigenvalue weighted by molar-refractivity contribution is 7.84. The standard InChI is InChI=1S/C29H40FN6O10P.C28H38FN6O11P.C18H27ClNO6P.C11H14FN5O4.4CH4/c1-17(2)43-24(38)12-11-21-9-7-8-10-22(21)46-47(41,34-20(6)27(39)44-18(3)4)42-16-29(15-32-35-31)19(5)25(30)26(45-29)36-14-13-23(37)33-28(36)40;1-16(2)43-22(37)11-10-19-8-6-7-9-20(19)46-47(41,33-18(5)26(39)44-17(3)4)42-15-28(14-31-34-30)24(38)23(29)25(45-28)35-13-12-21(36)32-27(35)40;1-12(2)24-17(21)11-10-15-8-6-7-9-16(15)26-27(19,23)20-14(5)18(22)25-13(3)4;1-6-8(12)9(17-3-2-7(19)15-10(17)20)21-11(6,5-18)4-14-16-13;;;;/h7-10,13-14,17-20,25-26H,11-12,15-16H2,1-6H3,(H,34,41)(H,33,37,40);6-9,12-13,16-18,23-25,38H,10-11,14-15H2,1-5H3,(H,33,41)(H,32,36,40);6-9,12-14H,10-11H2,1-5H3,(H,20,23);2-3,6,8-9,18H,4-5H2,1H3,(H,15,19,20);4*1H4/t19-,20-,25+,26+,29+,47?;18-,23+,24-,25+,28+,47?;14-,27?;6-,8+,9+,11+;;;;/m0000..../s1. The van der Waals surface area contributed by atoms with E-state index in [1.807, 2.05) is 15.0 Å². The number of azide groups is 3. The Kier molecular flexibility index (Phi) is 53.4. The van der Waals surface area contributed by atoms with Crippen molar-refractivity contribution >= 4 is 69.4 Å². The third-order valence-corrected chi connectivity index (χ3v) is 25.6. The first-order valence-corrected chi connectivity index (χ1v) is 50.1. The number of aromatic amines is 3. The number of para-hydroxylation sites is 3. The van der Waals surface area contributed by atoms with Crippen molar-refractivity contribution in [2.24, 2.45) is 27.2 Å². The molecular formula is C90H135ClF3N18O31P3. The first kappa shape index (κ1) is 130. The van der Waals surface area contributed by atoms with Crippen LogP contribution in [0.1, 0.15) is 202 Å². The summed E-state index contributed by atoms with van der Waals surface area (Å²) in [6.07, 6.45) is -11.0. The molecule has 3 saturated heterocycles. The molecular weight excluding hydrogens is 2010 g/mol. The largest absolute Gasteiger partial charge is 0.463 e. The molecule has 8 N–H and O–H groups in total. The predicted molar refractivity (Wildman–Crippen MR) is 530 cm³/mol. The second-order valence-corrected chi connectivity index (χ2v) is 40.3. The summed E-state index contributed by atoms with van der Waals surface area (Å²) < 4.78 is 166. The molecule has 3 aliphatic rings. The summed E-state index contributed by atoms with van der Waals surface area (Å²) in [4.78, 5) is 158. The number of halogens is 4. The van der Waals surface area contributed by atoms with Crippen LogP contribution in [-0.2, 0) is 113 Å². The van der Waals surface area contributed by atoms with E-state index in [9.17, 15) is 85.8 Å². The van der Waals surface area contributed by atoms with Gasteiger partial charge in [0.15, 0.2) is 37.2 Å². The van der Waals surface area contributed by atoms with Crippen LogP contribution in [0.3, 0.4) is 0 Å². The van der Waals surface area contributed by atoms with E-state index < -0.39 is 221 Å². The number of carbonyl (C=O) groups is 6. The second kappa shape index (κ2) is 59.9. The molecule has 3 aliphatic heterocycles. The molecule has 814 valence electrons. The molecule has 3 aromatic carbocycles. The minimum absolute atomic E-state index is 0. The molecule has 9 rings (SSSR count). The fourth-order valence-electron chi connectivity index (χ4n) is 13.7. The Morgan fingerprint density at radius 3 is 1.03 bits per heavy atom. The number of alkyl halides is 3. The molecule has 0 amide bonds. The third kappa shape index (κ3) is 38.8. The number of H-pyrrole nitrogens is 3. The average molecular weight is 2150 g/mol. The van der Waals surface area contributed by atoms with E-state index in [1.165, 1.54) is 46.8 Å². The van der Waals surface area contributed by atoms with Crippen molar-refractivity contribution in [2.75, 3.05) is 39.5 Å². The molecule has 56 heteroatoms. The number of benzene rings is 3. The summed E-state index contributed by atoms with van der Waals surface area (Å²) >= 11 is 5.97. The number of rotatable bonds is 46. The van der Waals surface area contributed by atoms with Crippen molar-refractivity contribution in [1.82, 2.24) is 43.9 Å². The van der Waals surface area contributed by atoms with E-state index in [4.69, 9.17) is 93.1 Å². The van der Waals surface area contributed by atoms with Gasteiger partial charge in [0, 0.05) is 93.9 Å². The third-order valence-electron chi connectivity index (χ3n) is 20.8. The number of aryl methyl sites for hydroxylation is 3. The molecule has 146 heavy (non-hydrogen) atoms. The molecule has 0 aliphatic carbocycles. The maximum absolute atomic E-state index is 15.8. The first-order chi connectivity index (χ1) is 66.6. The average Bonchev–Trinajstić information content (AvgIpc) is 1.92. The van der Waals surface area contributed by atoms with Crippen LogP contribution in [-0.4, -0.2) is 210 Å². The minimum atomic E-state index is -4.70. The zero-order valence-electron chi connectivity index (χ0n) is 80.7. The summed E-state index contributed by atoms with van der Waals surface area (Å²) in [6, 6.07) is 19.0. The van der Waals surface area contributed by atoms with Crippen molar-refractivity contribution in [2.45, 2.75) is 301 Å². The maximum atomic E-state index is 15.8. The molecule has 3 fully saturated rings. The molecule has 18 atom stereocenters. The Balaban J connectivity index is 0.000000682. The van der Waals surface area contributed by atoms with Crippen LogP contribution in [0.2, 0.25) is 0 Å². The van der Waals surface area contributed by atoms with Crippen LogP contribution in [0.5, 0.6) is 17.2 Å². The van der Waals surface area contributed by atoms with Gasteiger partial charge in [-0.05, 0) is 175 Å². The molecule has 6 heterocycles. The number of aliphatic hydroxyl groups excluding tert-OH is 2. The molecule has 0 bridgehead atoms. The molecule has 49 nitrogen and oxygen atoms in total. The smallest absolute Gasteiger partial charge is 0.459 e. The number of nitrogens with one attached hydrogen (secondary N) is 6. The Hall–Kier alpha value is -11.8. The summed E-state index contributed by atoms with van der Waals surface area (Å²) in [7, 11) is -9.30. The lowest BCUT2D eigenvalue weighted by Gasteiger charge is -2.33. The van der Waals surface area contributed by atoms with Crippen molar-refractivity contribution in [3.8, 4) is 17.2 Å². The second-order valence-electron chi connectivity index (χ2n) is 34.2. The van der Waals surface area contributed by atoms with E-state index in [1.54, 1.807) is 144 Å². The Bertz CT molecular complexity index is 5760. The van der Waals surface area contributed by atoms with E-state index in [-0.39, 0.29) is 116 Å². The zero-order chi connectivity index (χ0) is 106. The number of aromatic nitrogens is 6. The normalized spacial score (nSPS) is 21.9. The number of esters is 6. The topological polar surface area (TPSA) is 670 Å². The van der Waals surface area contributed by atoms with Gasteiger partial charge in [-0.15, -0.1) is 0 Å². The van der Waals surface area contributed by atoms with Crippen molar-refractivity contribution in [1.29, 1.82) is 0 Å². The van der Waals surface area contributed by atoms with Gasteiger partial charge in [-0.1, -0.05) is 113 Å². The SMILES string of the molecule is C.C.C.C.CC(C)OC(=O)CCc1ccccc1OP(=O)(Cl)N[C@@H](C)C(=O)OC(C)C.CC(C)OC(=O)CCc1ccccc1OP(=O)(N[C@@H](C)C(=O)OC(C)C)OC[C@@]1(CN=[N+]=[N-])O[C@@H](n2ccc(=O)[nH]c2=O)[C@H](F)[C@@H]1C.CC(C)OC(=O)CCc1ccccc1OP(=O)(N[C@@H](C)C(=O)OC(C)C)OC[C@@]1(CN=[N+]=[N-])O[C@@H](n2ccc(=O)[nH]c2=O)[C@H](F)[C@@H]1O.C[C@H]1[C@@H](F)[C@H](n2ccc(=O)[nH]c2=O)O[C@@]1(CO)CN=[N+]=[N-]. The summed E-state index contributed by atoms with van der Waals surface area (Å²) in [5.41, 5.74) is 17.7. The number of aliphatic hydroxyl groups is 2. The number of nitrogens with zero attached hydrogens (tertiary/aromatic N) is 12. The van der Waals surface area contributed by atoms with Gasteiger partial charge in [0.2, 0.25) is 0 Å². The van der Waals surface area contributed by atoms with Crippen LogP contribution < -0.4 is 62.6 Å². The highest BCUT2D eigenvalue weighted by Crippen LogP contribution is 2.54.